The second kappa shape index (κ2) is 6.57. The molecule has 4 nitrogen and oxygen atoms in total. The lowest BCUT2D eigenvalue weighted by Crippen LogP contribution is -2.26. The number of allylic oxidation sites excluding steroid dienone is 1. The molecule has 6 heteroatoms. The molecular formula is C15H11Cl2N3O. The van der Waals surface area contributed by atoms with E-state index in [0.717, 1.165) is 0 Å². The highest BCUT2D eigenvalue weighted by Gasteiger charge is 2.28. The third-order valence-electron chi connectivity index (χ3n) is 2.79. The molecule has 1 aliphatic heterocycles. The molecule has 0 aromatic heterocycles. The summed E-state index contributed by atoms with van der Waals surface area (Å²) in [5, 5.41) is 6.47. The summed E-state index contributed by atoms with van der Waals surface area (Å²) in [6.45, 7) is 0. The van der Waals surface area contributed by atoms with Crippen LogP contribution in [0, 0.1) is 12.3 Å². The Morgan fingerprint density at radius 2 is 2.29 bits per heavy atom. The third-order valence-corrected chi connectivity index (χ3v) is 3.34. The summed E-state index contributed by atoms with van der Waals surface area (Å²) >= 11 is 12.0. The lowest BCUT2D eigenvalue weighted by atomic mass is 10.1. The van der Waals surface area contributed by atoms with Crippen molar-refractivity contribution in [1.29, 1.82) is 0 Å². The third kappa shape index (κ3) is 3.33. The number of carbonyl (C=O) groups excluding carboxylic acids is 1. The average molecular weight is 320 g/mol. The Bertz CT molecular complexity index is 714. The summed E-state index contributed by atoms with van der Waals surface area (Å²) in [4.78, 5) is 16.1. The number of nitrogens with zero attached hydrogens (tertiary/aromatic N) is 3. The van der Waals surface area contributed by atoms with Crippen LogP contribution in [0.5, 0.6) is 0 Å². The Labute approximate surface area is 132 Å². The number of rotatable bonds is 2. The molecule has 0 fully saturated rings. The first-order valence-corrected chi connectivity index (χ1v) is 6.77. The summed E-state index contributed by atoms with van der Waals surface area (Å²) in [6.07, 6.45) is 8.31. The number of halogens is 2. The molecular weight excluding hydrogens is 309 g/mol. The quantitative estimate of drug-likeness (QED) is 0.469. The van der Waals surface area contributed by atoms with E-state index in [1.165, 1.54) is 11.1 Å². The van der Waals surface area contributed by atoms with Gasteiger partial charge in [-0.05, 0) is 24.3 Å². The smallest absolute Gasteiger partial charge is 0.254 e. The average Bonchev–Trinajstić information content (AvgIpc) is 2.82. The maximum absolute atomic E-state index is 12.1. The fourth-order valence-corrected chi connectivity index (χ4v) is 2.36. The number of aliphatic imine (C=N–C) groups is 1. The molecule has 1 aromatic carbocycles. The Kier molecular flexibility index (Phi) is 4.79. The minimum atomic E-state index is -0.196. The van der Waals surface area contributed by atoms with E-state index in [4.69, 9.17) is 29.6 Å². The van der Waals surface area contributed by atoms with E-state index < -0.39 is 0 Å². The summed E-state index contributed by atoms with van der Waals surface area (Å²) in [7, 11) is 1.56. The zero-order chi connectivity index (χ0) is 15.4. The van der Waals surface area contributed by atoms with Crippen LogP contribution in [0.1, 0.15) is 12.0 Å². The van der Waals surface area contributed by atoms with Crippen molar-refractivity contribution >= 4 is 40.7 Å². The van der Waals surface area contributed by atoms with Crippen LogP contribution in [0.3, 0.4) is 0 Å². The second-order valence-electron chi connectivity index (χ2n) is 4.13. The SMILES string of the molecule is C#C/C=C\C(=NC)N1N=C(c2ccc(Cl)cc2Cl)CC1=O. The van der Waals surface area contributed by atoms with Gasteiger partial charge in [-0.25, -0.2) is 0 Å². The normalized spacial score (nSPS) is 15.5. The van der Waals surface area contributed by atoms with Gasteiger partial charge < -0.3 is 0 Å². The van der Waals surface area contributed by atoms with Gasteiger partial charge in [-0.3, -0.25) is 9.79 Å². The number of carbonyl (C=O) groups is 1. The first-order valence-electron chi connectivity index (χ1n) is 6.02. The molecule has 0 unspecified atom stereocenters. The van der Waals surface area contributed by atoms with Gasteiger partial charge in [-0.15, -0.1) is 6.42 Å². The van der Waals surface area contributed by atoms with Gasteiger partial charge in [0.2, 0.25) is 0 Å². The Balaban J connectivity index is 2.36. The van der Waals surface area contributed by atoms with Gasteiger partial charge in [0.1, 0.15) is 0 Å². The maximum atomic E-state index is 12.1. The van der Waals surface area contributed by atoms with E-state index in [1.807, 2.05) is 0 Å². The zero-order valence-electron chi connectivity index (χ0n) is 11.2. The van der Waals surface area contributed by atoms with Crippen molar-refractivity contribution in [3.8, 4) is 12.3 Å². The molecule has 1 amide bonds. The highest BCUT2D eigenvalue weighted by molar-refractivity contribution is 6.37. The van der Waals surface area contributed by atoms with Crippen LogP contribution in [0.25, 0.3) is 0 Å². The molecule has 0 saturated carbocycles. The maximum Gasteiger partial charge on any atom is 0.254 e. The van der Waals surface area contributed by atoms with E-state index in [9.17, 15) is 4.79 Å². The van der Waals surface area contributed by atoms with Crippen molar-refractivity contribution < 1.29 is 4.79 Å². The lowest BCUT2D eigenvalue weighted by Gasteiger charge is -2.10. The van der Waals surface area contributed by atoms with Crippen LogP contribution in [-0.2, 0) is 4.79 Å². The predicted octanol–water partition coefficient (Wildman–Crippen LogP) is 3.15. The van der Waals surface area contributed by atoms with E-state index in [1.54, 1.807) is 31.3 Å². The van der Waals surface area contributed by atoms with E-state index in [-0.39, 0.29) is 12.3 Å². The molecule has 1 heterocycles. The first-order chi connectivity index (χ1) is 10.1. The number of amidine groups is 1. The predicted molar refractivity (Wildman–Crippen MR) is 85.8 cm³/mol. The van der Waals surface area contributed by atoms with Crippen molar-refractivity contribution in [3.63, 3.8) is 0 Å². The van der Waals surface area contributed by atoms with Crippen molar-refractivity contribution in [2.75, 3.05) is 7.05 Å². The van der Waals surface area contributed by atoms with Gasteiger partial charge in [0.25, 0.3) is 5.91 Å². The van der Waals surface area contributed by atoms with Crippen LogP contribution >= 0.6 is 23.2 Å². The van der Waals surface area contributed by atoms with Gasteiger partial charge in [0.15, 0.2) is 5.84 Å². The molecule has 0 atom stereocenters. The van der Waals surface area contributed by atoms with Gasteiger partial charge in [0.05, 0.1) is 17.2 Å². The number of terminal acetylenes is 1. The minimum Gasteiger partial charge on any atom is -0.272 e. The molecule has 0 radical (unpaired) electrons. The monoisotopic (exact) mass is 319 g/mol. The van der Waals surface area contributed by atoms with Crippen molar-refractivity contribution in [2.24, 2.45) is 10.1 Å². The van der Waals surface area contributed by atoms with E-state index in [2.05, 4.69) is 16.0 Å². The highest BCUT2D eigenvalue weighted by atomic mass is 35.5. The first kappa shape index (κ1) is 15.3. The van der Waals surface area contributed by atoms with Gasteiger partial charge >= 0.3 is 0 Å². The number of hydrazone groups is 1. The van der Waals surface area contributed by atoms with Crippen LogP contribution in [0.2, 0.25) is 10.0 Å². The molecule has 1 aliphatic rings. The fourth-order valence-electron chi connectivity index (χ4n) is 1.84. The number of amides is 1. The van der Waals surface area contributed by atoms with Gasteiger partial charge in [-0.1, -0.05) is 35.2 Å². The molecule has 0 spiro atoms. The lowest BCUT2D eigenvalue weighted by molar-refractivity contribution is -0.125. The molecule has 0 saturated heterocycles. The van der Waals surface area contributed by atoms with Crippen LogP contribution < -0.4 is 0 Å². The minimum absolute atomic E-state index is 0.143. The topological polar surface area (TPSA) is 45.0 Å². The summed E-state index contributed by atoms with van der Waals surface area (Å²) < 4.78 is 0. The molecule has 106 valence electrons. The van der Waals surface area contributed by atoms with Crippen LogP contribution in [-0.4, -0.2) is 29.5 Å². The zero-order valence-corrected chi connectivity index (χ0v) is 12.7. The Morgan fingerprint density at radius 1 is 1.52 bits per heavy atom. The highest BCUT2D eigenvalue weighted by Crippen LogP contribution is 2.25. The van der Waals surface area contributed by atoms with Gasteiger partial charge in [-0.2, -0.15) is 10.1 Å². The van der Waals surface area contributed by atoms with E-state index >= 15 is 0 Å². The van der Waals surface area contributed by atoms with Crippen molar-refractivity contribution in [2.45, 2.75) is 6.42 Å². The van der Waals surface area contributed by atoms with E-state index in [0.29, 0.717) is 27.2 Å². The number of hydrogen-bond acceptors (Lipinski definition) is 3. The van der Waals surface area contributed by atoms with Crippen LogP contribution in [0.15, 0.2) is 40.4 Å². The summed E-state index contributed by atoms with van der Waals surface area (Å²) in [5.41, 5.74) is 1.24. The Morgan fingerprint density at radius 3 is 2.90 bits per heavy atom. The van der Waals surface area contributed by atoms with Crippen LogP contribution in [0.4, 0.5) is 0 Å². The fraction of sp³-hybridized carbons (Fsp3) is 0.133. The largest absolute Gasteiger partial charge is 0.272 e. The molecule has 0 bridgehead atoms. The Hall–Kier alpha value is -2.09. The van der Waals surface area contributed by atoms with Crippen molar-refractivity contribution in [3.05, 3.63) is 46.0 Å². The summed E-state index contributed by atoms with van der Waals surface area (Å²) in [6, 6.07) is 5.05. The van der Waals surface area contributed by atoms with Crippen molar-refractivity contribution in [1.82, 2.24) is 5.01 Å². The number of hydrogen-bond donors (Lipinski definition) is 0. The molecule has 2 rings (SSSR count). The number of benzene rings is 1. The molecule has 0 N–H and O–H groups in total. The molecule has 1 aromatic rings. The van der Waals surface area contributed by atoms with Gasteiger partial charge in [0, 0.05) is 17.6 Å². The molecule has 21 heavy (non-hydrogen) atoms. The molecule has 0 aliphatic carbocycles. The second-order valence-corrected chi connectivity index (χ2v) is 4.98. The standard InChI is InChI=1S/C15H11Cl2N3O/c1-3-4-5-14(18-2)20-15(21)9-13(19-20)11-7-6-10(16)8-12(11)17/h1,4-8H,9H2,2H3/b5-4-,18-14?. The summed E-state index contributed by atoms with van der Waals surface area (Å²) in [5.74, 6) is 2.52.